The van der Waals surface area contributed by atoms with Crippen molar-refractivity contribution in [1.29, 1.82) is 0 Å². The maximum absolute atomic E-state index is 5.33. The van der Waals surface area contributed by atoms with Crippen LogP contribution in [0.15, 0.2) is 30.3 Å². The molecule has 0 spiro atoms. The van der Waals surface area contributed by atoms with E-state index in [4.69, 9.17) is 9.47 Å². The molecule has 2 aromatic rings. The molecule has 2 aromatic carbocycles. The summed E-state index contributed by atoms with van der Waals surface area (Å²) in [7, 11) is 3.29. The molecule has 0 N–H and O–H groups in total. The van der Waals surface area contributed by atoms with Crippen LogP contribution >= 0.6 is 0 Å². The van der Waals surface area contributed by atoms with Crippen molar-refractivity contribution in [1.82, 2.24) is 0 Å². The summed E-state index contributed by atoms with van der Waals surface area (Å²) in [6, 6.07) is 10.0. The Kier molecular flexibility index (Phi) is 3.74. The van der Waals surface area contributed by atoms with Crippen LogP contribution in [0.5, 0.6) is 11.5 Å². The van der Waals surface area contributed by atoms with Gasteiger partial charge in [-0.05, 0) is 23.6 Å². The molecule has 2 rings (SSSR count). The lowest BCUT2D eigenvalue weighted by Gasteiger charge is -2.10. The summed E-state index contributed by atoms with van der Waals surface area (Å²) in [5.74, 6) is 7.75. The Hall–Kier alpha value is -2.14. The number of hydrogen-bond acceptors (Lipinski definition) is 2. The van der Waals surface area contributed by atoms with Crippen molar-refractivity contribution < 1.29 is 9.47 Å². The summed E-state index contributed by atoms with van der Waals surface area (Å²) in [5, 5.41) is 2.20. The van der Waals surface area contributed by atoms with Crippen LogP contribution in [-0.2, 0) is 0 Å². The molecule has 0 radical (unpaired) electrons. The van der Waals surface area contributed by atoms with E-state index >= 15 is 0 Å². The third-order valence-electron chi connectivity index (χ3n) is 2.78. The Bertz CT molecular complexity index is 618. The smallest absolute Gasteiger partial charge is 0.161 e. The fourth-order valence-electron chi connectivity index (χ4n) is 1.90. The lowest BCUT2D eigenvalue weighted by Crippen LogP contribution is -1.91. The summed E-state index contributed by atoms with van der Waals surface area (Å²) < 4.78 is 10.6. The zero-order chi connectivity index (χ0) is 13.0. The zero-order valence-electron chi connectivity index (χ0n) is 10.9. The molecule has 0 atom stereocenters. The summed E-state index contributed by atoms with van der Waals surface area (Å²) in [6.07, 6.45) is 0.851. The van der Waals surface area contributed by atoms with E-state index in [1.807, 2.05) is 31.2 Å². The molecule has 92 valence electrons. The van der Waals surface area contributed by atoms with Crippen molar-refractivity contribution in [2.45, 2.75) is 13.3 Å². The number of fused-ring (bicyclic) bond motifs is 1. The Balaban J connectivity index is 2.68. The summed E-state index contributed by atoms with van der Waals surface area (Å²) in [6.45, 7) is 2.04. The maximum atomic E-state index is 5.33. The SMILES string of the molecule is CCC#Cc1cccc2cc(OC)c(OC)cc12. The van der Waals surface area contributed by atoms with Crippen LogP contribution in [0.4, 0.5) is 0 Å². The van der Waals surface area contributed by atoms with E-state index in [-0.39, 0.29) is 0 Å². The average Bonchev–Trinajstić information content (AvgIpc) is 2.43. The van der Waals surface area contributed by atoms with Gasteiger partial charge in [-0.2, -0.15) is 0 Å². The summed E-state index contributed by atoms with van der Waals surface area (Å²) in [5.41, 5.74) is 1.02. The summed E-state index contributed by atoms with van der Waals surface area (Å²) in [4.78, 5) is 0. The van der Waals surface area contributed by atoms with Crippen molar-refractivity contribution in [2.24, 2.45) is 0 Å². The first kappa shape index (κ1) is 12.3. The van der Waals surface area contributed by atoms with Crippen LogP contribution in [0.1, 0.15) is 18.9 Å². The third-order valence-corrected chi connectivity index (χ3v) is 2.78. The molecule has 0 unspecified atom stereocenters. The largest absolute Gasteiger partial charge is 0.493 e. The predicted octanol–water partition coefficient (Wildman–Crippen LogP) is 3.62. The van der Waals surface area contributed by atoms with Gasteiger partial charge < -0.3 is 9.47 Å². The lowest BCUT2D eigenvalue weighted by molar-refractivity contribution is 0.356. The molecule has 2 heteroatoms. The predicted molar refractivity (Wildman–Crippen MR) is 74.2 cm³/mol. The van der Waals surface area contributed by atoms with Crippen molar-refractivity contribution in [3.05, 3.63) is 35.9 Å². The number of hydrogen-bond donors (Lipinski definition) is 0. The fourth-order valence-corrected chi connectivity index (χ4v) is 1.90. The topological polar surface area (TPSA) is 18.5 Å². The monoisotopic (exact) mass is 240 g/mol. The van der Waals surface area contributed by atoms with Gasteiger partial charge in [-0.25, -0.2) is 0 Å². The van der Waals surface area contributed by atoms with Crippen LogP contribution in [0, 0.1) is 11.8 Å². The Morgan fingerprint density at radius 1 is 1.06 bits per heavy atom. The Morgan fingerprint density at radius 3 is 2.44 bits per heavy atom. The van der Waals surface area contributed by atoms with E-state index in [1.54, 1.807) is 14.2 Å². The highest BCUT2D eigenvalue weighted by molar-refractivity contribution is 5.91. The van der Waals surface area contributed by atoms with Gasteiger partial charge in [0.15, 0.2) is 11.5 Å². The molecule has 2 nitrogen and oxygen atoms in total. The van der Waals surface area contributed by atoms with Gasteiger partial charge in [0.1, 0.15) is 0 Å². The number of ether oxygens (including phenoxy) is 2. The molecule has 0 saturated heterocycles. The first-order valence-electron chi connectivity index (χ1n) is 5.93. The molecule has 0 heterocycles. The highest BCUT2D eigenvalue weighted by atomic mass is 16.5. The van der Waals surface area contributed by atoms with Crippen LogP contribution in [0.25, 0.3) is 10.8 Å². The van der Waals surface area contributed by atoms with Gasteiger partial charge in [-0.15, -0.1) is 0 Å². The number of rotatable bonds is 2. The molecule has 0 amide bonds. The van der Waals surface area contributed by atoms with Crippen LogP contribution in [0.2, 0.25) is 0 Å². The molecule has 0 aliphatic heterocycles. The minimum atomic E-state index is 0.732. The second-order valence-corrected chi connectivity index (χ2v) is 3.89. The zero-order valence-corrected chi connectivity index (χ0v) is 10.9. The van der Waals surface area contributed by atoms with E-state index in [0.29, 0.717) is 0 Å². The minimum Gasteiger partial charge on any atom is -0.493 e. The highest BCUT2D eigenvalue weighted by Gasteiger charge is 2.07. The molecule has 18 heavy (non-hydrogen) atoms. The number of methoxy groups -OCH3 is 2. The second kappa shape index (κ2) is 5.46. The highest BCUT2D eigenvalue weighted by Crippen LogP contribution is 2.33. The van der Waals surface area contributed by atoms with E-state index in [1.165, 1.54) is 0 Å². The number of benzene rings is 2. The quantitative estimate of drug-likeness (QED) is 0.746. The van der Waals surface area contributed by atoms with Crippen LogP contribution < -0.4 is 9.47 Å². The van der Waals surface area contributed by atoms with Gasteiger partial charge in [-0.1, -0.05) is 30.9 Å². The first-order chi connectivity index (χ1) is 8.80. The van der Waals surface area contributed by atoms with Crippen molar-refractivity contribution >= 4 is 10.8 Å². The molecule has 0 saturated carbocycles. The fraction of sp³-hybridized carbons (Fsp3) is 0.250. The standard InChI is InChI=1S/C16H16O2/c1-4-5-7-12-8-6-9-13-10-15(17-2)16(18-3)11-14(12)13/h6,8-11H,4H2,1-3H3. The van der Waals surface area contributed by atoms with E-state index in [2.05, 4.69) is 17.9 Å². The van der Waals surface area contributed by atoms with Crippen LogP contribution in [0.3, 0.4) is 0 Å². The third kappa shape index (κ3) is 2.26. The van der Waals surface area contributed by atoms with Crippen LogP contribution in [-0.4, -0.2) is 14.2 Å². The molecular weight excluding hydrogens is 224 g/mol. The van der Waals surface area contributed by atoms with Crippen molar-refractivity contribution in [3.8, 4) is 23.3 Å². The van der Waals surface area contributed by atoms with Crippen molar-refractivity contribution in [2.75, 3.05) is 14.2 Å². The van der Waals surface area contributed by atoms with Gasteiger partial charge in [0.05, 0.1) is 14.2 Å². The molecule has 0 aliphatic rings. The normalized spacial score (nSPS) is 9.72. The molecule has 0 aliphatic carbocycles. The molecule has 0 bridgehead atoms. The Morgan fingerprint density at radius 2 is 1.78 bits per heavy atom. The molecular formula is C16H16O2. The van der Waals surface area contributed by atoms with Gasteiger partial charge in [0.2, 0.25) is 0 Å². The van der Waals surface area contributed by atoms with Gasteiger partial charge in [0.25, 0.3) is 0 Å². The first-order valence-corrected chi connectivity index (χ1v) is 5.93. The van der Waals surface area contributed by atoms with E-state index in [0.717, 1.165) is 34.3 Å². The second-order valence-electron chi connectivity index (χ2n) is 3.89. The lowest BCUT2D eigenvalue weighted by atomic mass is 10.0. The van der Waals surface area contributed by atoms with E-state index in [9.17, 15) is 0 Å². The summed E-state index contributed by atoms with van der Waals surface area (Å²) >= 11 is 0. The van der Waals surface area contributed by atoms with Gasteiger partial charge in [0, 0.05) is 17.4 Å². The van der Waals surface area contributed by atoms with Gasteiger partial charge >= 0.3 is 0 Å². The molecule has 0 fully saturated rings. The van der Waals surface area contributed by atoms with Crippen molar-refractivity contribution in [3.63, 3.8) is 0 Å². The maximum Gasteiger partial charge on any atom is 0.161 e. The van der Waals surface area contributed by atoms with Gasteiger partial charge in [-0.3, -0.25) is 0 Å². The Labute approximate surface area is 108 Å². The minimum absolute atomic E-state index is 0.732. The van der Waals surface area contributed by atoms with E-state index < -0.39 is 0 Å². The average molecular weight is 240 g/mol. The molecule has 0 aromatic heterocycles.